The van der Waals surface area contributed by atoms with Crippen LogP contribution in [0.5, 0.6) is 0 Å². The molecule has 0 aliphatic carbocycles. The first kappa shape index (κ1) is 10.3. The summed E-state index contributed by atoms with van der Waals surface area (Å²) in [7, 11) is -1.76. The molecule has 5 nitrogen and oxygen atoms in total. The first-order chi connectivity index (χ1) is 5.38. The van der Waals surface area contributed by atoms with Gasteiger partial charge in [0.25, 0.3) is 10.2 Å². The molecule has 12 heavy (non-hydrogen) atoms. The summed E-state index contributed by atoms with van der Waals surface area (Å²) in [5, 5.41) is 5.05. The van der Waals surface area contributed by atoms with Crippen LogP contribution in [0.1, 0.15) is 6.42 Å². The van der Waals surface area contributed by atoms with Crippen molar-refractivity contribution in [2.24, 2.45) is 5.14 Å². The molecule has 0 amide bonds. The third-order valence-corrected chi connectivity index (χ3v) is 2.80. The van der Waals surface area contributed by atoms with Crippen molar-refractivity contribution in [3.05, 3.63) is 0 Å². The van der Waals surface area contributed by atoms with Crippen molar-refractivity contribution in [2.45, 2.75) is 17.8 Å². The van der Waals surface area contributed by atoms with Crippen molar-refractivity contribution in [3.8, 4) is 0 Å². The van der Waals surface area contributed by atoms with Crippen molar-refractivity contribution in [3.63, 3.8) is 0 Å². The van der Waals surface area contributed by atoms with Gasteiger partial charge in [0.1, 0.15) is 0 Å². The molecule has 1 aliphatic heterocycles. The number of thiol groups is 1. The molecule has 3 N–H and O–H groups in total. The molecule has 0 radical (unpaired) electrons. The molecule has 1 saturated heterocycles. The number of nitrogens with one attached hydrogen (secondary N) is 1. The molecule has 1 heterocycles. The van der Waals surface area contributed by atoms with E-state index in [0.29, 0.717) is 6.42 Å². The molecule has 0 aromatic heterocycles. The van der Waals surface area contributed by atoms with E-state index >= 15 is 0 Å². The van der Waals surface area contributed by atoms with Crippen LogP contribution in [0.2, 0.25) is 0 Å². The molecule has 1 fully saturated rings. The van der Waals surface area contributed by atoms with Gasteiger partial charge in [-0.3, -0.25) is 4.90 Å². The lowest BCUT2D eigenvalue weighted by Crippen LogP contribution is -2.45. The fraction of sp³-hybridized carbons (Fsp3) is 1.00. The predicted molar refractivity (Wildman–Crippen MR) is 50.1 cm³/mol. The Morgan fingerprint density at radius 3 is 2.58 bits per heavy atom. The monoisotopic (exact) mass is 211 g/mol. The standard InChI is InChI=1S/C5H13N3O2S2/c1-8-3-4(11)2-5(8)7-12(6,9)10/h4-5,7,11H,2-3H2,1H3,(H2,6,9,10). The second-order valence-corrected chi connectivity index (χ2v) is 5.06. The molecule has 1 aliphatic rings. The highest BCUT2D eigenvalue weighted by molar-refractivity contribution is 7.87. The number of rotatable bonds is 2. The number of hydrogen-bond acceptors (Lipinski definition) is 4. The lowest BCUT2D eigenvalue weighted by molar-refractivity contribution is 0.296. The minimum absolute atomic E-state index is 0.206. The van der Waals surface area contributed by atoms with Gasteiger partial charge >= 0.3 is 0 Å². The average molecular weight is 211 g/mol. The molecule has 0 saturated carbocycles. The predicted octanol–water partition coefficient (Wildman–Crippen LogP) is -1.26. The molecule has 0 aromatic rings. The van der Waals surface area contributed by atoms with Gasteiger partial charge in [0.2, 0.25) is 0 Å². The summed E-state index contributed by atoms with van der Waals surface area (Å²) in [5.74, 6) is 0. The topological polar surface area (TPSA) is 75.4 Å². The normalized spacial score (nSPS) is 32.6. The highest BCUT2D eigenvalue weighted by Crippen LogP contribution is 2.17. The van der Waals surface area contributed by atoms with E-state index in [1.54, 1.807) is 0 Å². The summed E-state index contributed by atoms with van der Waals surface area (Å²) < 4.78 is 23.6. The van der Waals surface area contributed by atoms with Gasteiger partial charge in [-0.15, -0.1) is 0 Å². The first-order valence-corrected chi connectivity index (χ1v) is 5.63. The minimum atomic E-state index is -3.59. The second-order valence-electron chi connectivity index (χ2n) is 3.01. The fourth-order valence-electron chi connectivity index (χ4n) is 1.30. The Hall–Kier alpha value is 0.180. The molecule has 0 spiro atoms. The first-order valence-electron chi connectivity index (χ1n) is 3.57. The molecule has 0 bridgehead atoms. The number of nitrogens with two attached hydrogens (primary N) is 1. The van der Waals surface area contributed by atoms with Crippen LogP contribution in [-0.4, -0.2) is 38.3 Å². The highest BCUT2D eigenvalue weighted by Gasteiger charge is 2.29. The summed E-state index contributed by atoms with van der Waals surface area (Å²) in [6, 6.07) is 0. The molecule has 2 atom stereocenters. The molecule has 7 heteroatoms. The number of nitrogens with zero attached hydrogens (tertiary/aromatic N) is 1. The van der Waals surface area contributed by atoms with Crippen LogP contribution in [-0.2, 0) is 10.2 Å². The van der Waals surface area contributed by atoms with E-state index < -0.39 is 10.2 Å². The summed E-state index contributed by atoms with van der Waals surface area (Å²) >= 11 is 4.24. The van der Waals surface area contributed by atoms with Crippen LogP contribution >= 0.6 is 12.6 Å². The highest BCUT2D eigenvalue weighted by atomic mass is 32.2. The van der Waals surface area contributed by atoms with Gasteiger partial charge in [0, 0.05) is 11.8 Å². The maximum Gasteiger partial charge on any atom is 0.275 e. The van der Waals surface area contributed by atoms with Crippen molar-refractivity contribution in [1.29, 1.82) is 0 Å². The van der Waals surface area contributed by atoms with E-state index in [9.17, 15) is 8.42 Å². The number of hydrogen-bond donors (Lipinski definition) is 3. The van der Waals surface area contributed by atoms with Crippen molar-refractivity contribution >= 4 is 22.8 Å². The van der Waals surface area contributed by atoms with Crippen LogP contribution in [0.15, 0.2) is 0 Å². The summed E-state index contributed by atoms with van der Waals surface area (Å²) in [6.45, 7) is 0.774. The van der Waals surface area contributed by atoms with Gasteiger partial charge in [-0.25, -0.2) is 5.14 Å². The molecular formula is C5H13N3O2S2. The summed E-state index contributed by atoms with van der Waals surface area (Å²) in [5.41, 5.74) is 0. The molecular weight excluding hydrogens is 198 g/mol. The van der Waals surface area contributed by atoms with Gasteiger partial charge in [-0.2, -0.15) is 25.8 Å². The Bertz CT molecular complexity index is 253. The minimum Gasteiger partial charge on any atom is -0.289 e. The average Bonchev–Trinajstić information content (AvgIpc) is 2.06. The second kappa shape index (κ2) is 3.51. The Morgan fingerprint density at radius 1 is 1.67 bits per heavy atom. The van der Waals surface area contributed by atoms with Gasteiger partial charge in [0.05, 0.1) is 6.17 Å². The van der Waals surface area contributed by atoms with Crippen molar-refractivity contribution in [1.82, 2.24) is 9.62 Å². The van der Waals surface area contributed by atoms with Crippen molar-refractivity contribution in [2.75, 3.05) is 13.6 Å². The van der Waals surface area contributed by atoms with E-state index in [4.69, 9.17) is 5.14 Å². The maximum atomic E-state index is 10.7. The SMILES string of the molecule is CN1CC(S)CC1NS(N)(=O)=O. The van der Waals surface area contributed by atoms with E-state index in [2.05, 4.69) is 17.4 Å². The van der Waals surface area contributed by atoms with Gasteiger partial charge in [-0.1, -0.05) is 0 Å². The quantitative estimate of drug-likeness (QED) is 0.499. The molecule has 0 aromatic carbocycles. The van der Waals surface area contributed by atoms with Crippen LogP contribution < -0.4 is 9.86 Å². The van der Waals surface area contributed by atoms with Crippen LogP contribution in [0.25, 0.3) is 0 Å². The van der Waals surface area contributed by atoms with E-state index in [-0.39, 0.29) is 11.4 Å². The van der Waals surface area contributed by atoms with Crippen LogP contribution in [0.3, 0.4) is 0 Å². The van der Waals surface area contributed by atoms with Gasteiger partial charge in [0.15, 0.2) is 0 Å². The molecule has 2 unspecified atom stereocenters. The van der Waals surface area contributed by atoms with E-state index in [1.165, 1.54) is 0 Å². The third-order valence-electron chi connectivity index (χ3n) is 1.83. The Balaban J connectivity index is 2.55. The van der Waals surface area contributed by atoms with Crippen LogP contribution in [0.4, 0.5) is 0 Å². The molecule has 1 rings (SSSR count). The lowest BCUT2D eigenvalue weighted by atomic mass is 10.3. The van der Waals surface area contributed by atoms with Crippen LogP contribution in [0, 0.1) is 0 Å². The summed E-state index contributed by atoms with van der Waals surface area (Å²) in [6.07, 6.45) is 0.484. The maximum absolute atomic E-state index is 10.7. The van der Waals surface area contributed by atoms with E-state index in [0.717, 1.165) is 6.54 Å². The number of likely N-dealkylation sites (tertiary alicyclic amines) is 1. The van der Waals surface area contributed by atoms with Gasteiger partial charge in [-0.05, 0) is 13.5 Å². The zero-order chi connectivity index (χ0) is 9.35. The summed E-state index contributed by atoms with van der Waals surface area (Å²) in [4.78, 5) is 1.88. The fourth-order valence-corrected chi connectivity index (χ4v) is 2.41. The van der Waals surface area contributed by atoms with E-state index in [1.807, 2.05) is 11.9 Å². The smallest absolute Gasteiger partial charge is 0.275 e. The third kappa shape index (κ3) is 2.91. The van der Waals surface area contributed by atoms with Crippen molar-refractivity contribution < 1.29 is 8.42 Å². The lowest BCUT2D eigenvalue weighted by Gasteiger charge is -2.18. The molecule has 72 valence electrons. The Morgan fingerprint density at radius 2 is 2.25 bits per heavy atom. The zero-order valence-corrected chi connectivity index (χ0v) is 8.48. The zero-order valence-electron chi connectivity index (χ0n) is 6.77. The Labute approximate surface area is 77.9 Å². The van der Waals surface area contributed by atoms with Gasteiger partial charge < -0.3 is 0 Å². The Kier molecular flexibility index (Phi) is 3.00. The largest absolute Gasteiger partial charge is 0.289 e.